The third-order valence-electron chi connectivity index (χ3n) is 7.78. The number of anilines is 1. The van der Waals surface area contributed by atoms with Gasteiger partial charge < -0.3 is 15.7 Å². The number of carbonyl (C=O) groups excluding carboxylic acids is 1. The van der Waals surface area contributed by atoms with Crippen molar-refractivity contribution in [2.24, 2.45) is 5.73 Å². The van der Waals surface area contributed by atoms with Crippen LogP contribution >= 0.6 is 0 Å². The number of primary amides is 1. The second-order valence-corrected chi connectivity index (χ2v) is 11.4. The zero-order valence-corrected chi connectivity index (χ0v) is 23.5. The van der Waals surface area contributed by atoms with Gasteiger partial charge in [0.15, 0.2) is 0 Å². The van der Waals surface area contributed by atoms with Crippen molar-refractivity contribution in [3.8, 4) is 29.0 Å². The van der Waals surface area contributed by atoms with E-state index in [-0.39, 0.29) is 11.0 Å². The Bertz CT molecular complexity index is 1760. The summed E-state index contributed by atoms with van der Waals surface area (Å²) in [6.45, 7) is 8.57. The summed E-state index contributed by atoms with van der Waals surface area (Å²) in [6.07, 6.45) is 6.53. The first-order chi connectivity index (χ1) is 19.4. The lowest BCUT2D eigenvalue weighted by atomic mass is 9.72. The first-order valence-electron chi connectivity index (χ1n) is 13.4. The van der Waals surface area contributed by atoms with E-state index < -0.39 is 17.3 Å². The highest BCUT2D eigenvalue weighted by Crippen LogP contribution is 2.39. The first-order valence-corrected chi connectivity index (χ1v) is 13.4. The first kappa shape index (κ1) is 27.8. The van der Waals surface area contributed by atoms with Gasteiger partial charge in [-0.2, -0.15) is 10.4 Å². The number of rotatable bonds is 4. The highest BCUT2D eigenvalue weighted by atomic mass is 19.1. The fraction of sp³-hybridized carbons (Fsp3) is 0.312. The average molecular weight is 551 g/mol. The molecule has 4 heterocycles. The van der Waals surface area contributed by atoms with Gasteiger partial charge in [-0.05, 0) is 80.5 Å². The molecule has 0 unspecified atom stereocenters. The molecule has 0 atom stereocenters. The minimum absolute atomic E-state index is 0.225. The van der Waals surface area contributed by atoms with Crippen LogP contribution in [0, 0.1) is 35.9 Å². The van der Waals surface area contributed by atoms with Crippen LogP contribution < -0.4 is 10.6 Å². The molecule has 0 aliphatic carbocycles. The van der Waals surface area contributed by atoms with Gasteiger partial charge in [-0.3, -0.25) is 4.79 Å². The monoisotopic (exact) mass is 550 g/mol. The van der Waals surface area contributed by atoms with E-state index in [9.17, 15) is 19.6 Å². The van der Waals surface area contributed by atoms with Gasteiger partial charge in [0, 0.05) is 47.7 Å². The largest absolute Gasteiger partial charge is 0.378 e. The molecule has 208 valence electrons. The fourth-order valence-corrected chi connectivity index (χ4v) is 5.51. The van der Waals surface area contributed by atoms with Gasteiger partial charge in [-0.15, -0.1) is 0 Å². The van der Waals surface area contributed by atoms with Crippen molar-refractivity contribution in [2.45, 2.75) is 51.6 Å². The molecule has 9 heteroatoms. The number of nitrogens with zero attached hydrogens (tertiary/aromatic N) is 5. The number of pyridine rings is 2. The lowest BCUT2D eigenvalue weighted by molar-refractivity contribution is 0.0999. The normalized spacial score (nSPS) is 14.8. The zero-order chi connectivity index (χ0) is 29.5. The molecule has 5 rings (SSSR count). The Morgan fingerprint density at radius 3 is 2.54 bits per heavy atom. The molecule has 1 saturated heterocycles. The van der Waals surface area contributed by atoms with Crippen molar-refractivity contribution >= 4 is 17.2 Å². The van der Waals surface area contributed by atoms with Gasteiger partial charge in [0.05, 0.1) is 17.3 Å². The molecular formula is C32H31FN6O2. The van der Waals surface area contributed by atoms with Gasteiger partial charge in [0.25, 0.3) is 0 Å². The topological polar surface area (TPSA) is 121 Å². The predicted octanol–water partition coefficient (Wildman–Crippen LogP) is 4.49. The minimum Gasteiger partial charge on any atom is -0.378 e. The molecule has 0 radical (unpaired) electrons. The van der Waals surface area contributed by atoms with Crippen molar-refractivity contribution in [1.82, 2.24) is 14.6 Å². The number of piperidine rings is 1. The van der Waals surface area contributed by atoms with Gasteiger partial charge >= 0.3 is 0 Å². The molecule has 1 aliphatic rings. The third kappa shape index (κ3) is 5.50. The minimum atomic E-state index is -1.15. The van der Waals surface area contributed by atoms with Gasteiger partial charge in [-0.1, -0.05) is 18.8 Å². The third-order valence-corrected chi connectivity index (χ3v) is 7.78. The molecule has 1 amide bonds. The highest BCUT2D eigenvalue weighted by Gasteiger charge is 2.34. The standard InChI is InChI=1S/C32H31FN6O2/c1-20-25(30(35)40)14-24(33)15-27(20)32(4)9-11-38(12-10-32)28-6-5-22(17-36-28)26-13-21(7-8-31(2,3)41)19-39-29(26)23(16-34)18-37-39/h5-6,13-15,17-19,41H,9-12H2,1-4H3,(H2,35,40). The molecule has 1 aliphatic heterocycles. The number of hydrogen-bond acceptors (Lipinski definition) is 6. The van der Waals surface area contributed by atoms with Gasteiger partial charge in [0.1, 0.15) is 23.3 Å². The number of aromatic nitrogens is 3. The summed E-state index contributed by atoms with van der Waals surface area (Å²) >= 11 is 0. The van der Waals surface area contributed by atoms with Crippen molar-refractivity contribution < 1.29 is 14.3 Å². The smallest absolute Gasteiger partial charge is 0.249 e. The maximum atomic E-state index is 14.4. The van der Waals surface area contributed by atoms with E-state index in [0.717, 1.165) is 40.9 Å². The Morgan fingerprint density at radius 1 is 1.20 bits per heavy atom. The number of amides is 1. The SMILES string of the molecule is Cc1c(C(N)=O)cc(F)cc1C1(C)CCN(c2ccc(-c3cc(C#CC(C)(C)O)cn4ncc(C#N)c34)cn2)CC1. The molecule has 8 nitrogen and oxygen atoms in total. The molecule has 3 N–H and O–H groups in total. The van der Waals surface area contributed by atoms with Crippen LogP contribution in [-0.2, 0) is 5.41 Å². The molecule has 0 spiro atoms. The summed E-state index contributed by atoms with van der Waals surface area (Å²) in [5.74, 6) is 5.55. The van der Waals surface area contributed by atoms with Crippen LogP contribution in [0.5, 0.6) is 0 Å². The van der Waals surface area contributed by atoms with E-state index in [1.165, 1.54) is 18.3 Å². The van der Waals surface area contributed by atoms with E-state index in [2.05, 4.69) is 34.8 Å². The van der Waals surface area contributed by atoms with Crippen LogP contribution in [0.2, 0.25) is 0 Å². The van der Waals surface area contributed by atoms with E-state index >= 15 is 0 Å². The number of benzene rings is 1. The van der Waals surface area contributed by atoms with Crippen LogP contribution in [-0.4, -0.2) is 44.3 Å². The second kappa shape index (κ2) is 10.3. The summed E-state index contributed by atoms with van der Waals surface area (Å²) < 4.78 is 16.0. The Kier molecular flexibility index (Phi) is 7.02. The average Bonchev–Trinajstić information content (AvgIpc) is 3.36. The number of halogens is 1. The van der Waals surface area contributed by atoms with E-state index in [4.69, 9.17) is 10.7 Å². The number of fused-ring (bicyclic) bond motifs is 1. The van der Waals surface area contributed by atoms with Crippen molar-refractivity contribution in [3.63, 3.8) is 0 Å². The van der Waals surface area contributed by atoms with Crippen molar-refractivity contribution in [3.05, 3.63) is 82.6 Å². The Hall–Kier alpha value is -4.73. The van der Waals surface area contributed by atoms with E-state index in [1.54, 1.807) is 30.8 Å². The summed E-state index contributed by atoms with van der Waals surface area (Å²) in [5, 5.41) is 24.0. The van der Waals surface area contributed by atoms with Crippen LogP contribution in [0.3, 0.4) is 0 Å². The Labute approximate surface area is 238 Å². The van der Waals surface area contributed by atoms with Crippen LogP contribution in [0.4, 0.5) is 10.2 Å². The Morgan fingerprint density at radius 2 is 1.93 bits per heavy atom. The molecule has 41 heavy (non-hydrogen) atoms. The molecule has 1 fully saturated rings. The number of nitrogens with two attached hydrogens (primary N) is 1. The summed E-state index contributed by atoms with van der Waals surface area (Å²) in [5.41, 5.74) is 9.13. The van der Waals surface area contributed by atoms with Gasteiger partial charge in [0.2, 0.25) is 5.91 Å². The number of nitriles is 1. The van der Waals surface area contributed by atoms with Crippen molar-refractivity contribution in [1.29, 1.82) is 5.26 Å². The zero-order valence-electron chi connectivity index (χ0n) is 23.5. The van der Waals surface area contributed by atoms with Crippen LogP contribution in [0.15, 0.2) is 48.9 Å². The summed E-state index contributed by atoms with van der Waals surface area (Å²) in [7, 11) is 0. The molecule has 1 aromatic carbocycles. The maximum Gasteiger partial charge on any atom is 0.249 e. The number of aliphatic hydroxyl groups is 1. The molecular weight excluding hydrogens is 519 g/mol. The lowest BCUT2D eigenvalue weighted by Crippen LogP contribution is -2.42. The number of hydrogen-bond donors (Lipinski definition) is 2. The molecule has 4 aromatic rings. The molecule has 0 saturated carbocycles. The van der Waals surface area contributed by atoms with Crippen LogP contribution in [0.25, 0.3) is 16.6 Å². The number of carbonyl (C=O) groups is 1. The second-order valence-electron chi connectivity index (χ2n) is 11.4. The Balaban J connectivity index is 1.42. The quantitative estimate of drug-likeness (QED) is 0.361. The summed E-state index contributed by atoms with van der Waals surface area (Å²) in [6, 6.07) is 10.7. The lowest BCUT2D eigenvalue weighted by Gasteiger charge is -2.41. The van der Waals surface area contributed by atoms with Crippen LogP contribution in [0.1, 0.15) is 66.2 Å². The summed E-state index contributed by atoms with van der Waals surface area (Å²) in [4.78, 5) is 18.8. The highest BCUT2D eigenvalue weighted by molar-refractivity contribution is 5.94. The molecule has 3 aromatic heterocycles. The van der Waals surface area contributed by atoms with Crippen molar-refractivity contribution in [2.75, 3.05) is 18.0 Å². The van der Waals surface area contributed by atoms with Gasteiger partial charge in [-0.25, -0.2) is 13.9 Å². The van der Waals surface area contributed by atoms with E-state index in [1.807, 2.05) is 25.1 Å². The maximum absolute atomic E-state index is 14.4. The molecule has 0 bridgehead atoms. The fourth-order valence-electron chi connectivity index (χ4n) is 5.51. The van der Waals surface area contributed by atoms with E-state index in [0.29, 0.717) is 29.7 Å². The predicted molar refractivity (Wildman–Crippen MR) is 155 cm³/mol.